The van der Waals surface area contributed by atoms with Gasteiger partial charge in [0.2, 0.25) is 5.91 Å². The molecular weight excluding hydrogens is 252 g/mol. The van der Waals surface area contributed by atoms with Gasteiger partial charge in [-0.2, -0.15) is 0 Å². The molecule has 1 amide bonds. The van der Waals surface area contributed by atoms with E-state index in [-0.39, 0.29) is 0 Å². The Morgan fingerprint density at radius 1 is 1.28 bits per heavy atom. The van der Waals surface area contributed by atoms with Crippen molar-refractivity contribution < 1.29 is 13.2 Å². The first-order chi connectivity index (χ1) is 8.02. The van der Waals surface area contributed by atoms with Gasteiger partial charge in [-0.1, -0.05) is 13.8 Å². The molecule has 1 atom stereocenters. The van der Waals surface area contributed by atoms with Crippen molar-refractivity contribution in [2.45, 2.75) is 51.8 Å². The molecular formula is C12H26N2O3S. The molecule has 18 heavy (non-hydrogen) atoms. The molecule has 3 N–H and O–H groups in total. The van der Waals surface area contributed by atoms with Gasteiger partial charge in [-0.3, -0.25) is 4.79 Å². The van der Waals surface area contributed by atoms with Gasteiger partial charge in [0, 0.05) is 12.1 Å². The maximum atomic E-state index is 11.8. The van der Waals surface area contributed by atoms with Crippen LogP contribution in [0, 0.1) is 5.92 Å². The second kappa shape index (κ2) is 6.52. The van der Waals surface area contributed by atoms with Gasteiger partial charge in [-0.05, 0) is 33.1 Å². The highest BCUT2D eigenvalue weighted by atomic mass is 32.2. The van der Waals surface area contributed by atoms with Crippen LogP contribution in [-0.2, 0) is 14.6 Å². The summed E-state index contributed by atoms with van der Waals surface area (Å²) in [5.41, 5.74) is 5.12. The van der Waals surface area contributed by atoms with Crippen molar-refractivity contribution in [2.75, 3.05) is 12.3 Å². The third-order valence-electron chi connectivity index (χ3n) is 2.80. The van der Waals surface area contributed by atoms with Crippen LogP contribution in [0.4, 0.5) is 0 Å². The van der Waals surface area contributed by atoms with E-state index in [1.165, 1.54) is 0 Å². The molecule has 0 saturated carbocycles. The van der Waals surface area contributed by atoms with Gasteiger partial charge in [0.05, 0.1) is 5.25 Å². The van der Waals surface area contributed by atoms with Gasteiger partial charge in [-0.25, -0.2) is 8.42 Å². The van der Waals surface area contributed by atoms with Gasteiger partial charge in [0.15, 0.2) is 9.84 Å². The van der Waals surface area contributed by atoms with Crippen LogP contribution in [0.3, 0.4) is 0 Å². The maximum Gasteiger partial charge on any atom is 0.235 e. The van der Waals surface area contributed by atoms with E-state index in [9.17, 15) is 13.2 Å². The second-order valence-corrected chi connectivity index (χ2v) is 8.32. The zero-order chi connectivity index (χ0) is 14.6. The fourth-order valence-electron chi connectivity index (χ4n) is 1.81. The SMILES string of the molecule is CC(C)CC(C)(CN)NC(=O)CS(=O)(=O)C(C)C. The Morgan fingerprint density at radius 2 is 1.78 bits per heavy atom. The van der Waals surface area contributed by atoms with Crippen LogP contribution in [0.25, 0.3) is 0 Å². The van der Waals surface area contributed by atoms with Crippen LogP contribution < -0.4 is 11.1 Å². The summed E-state index contributed by atoms with van der Waals surface area (Å²) < 4.78 is 23.3. The summed E-state index contributed by atoms with van der Waals surface area (Å²) in [4.78, 5) is 11.8. The molecule has 0 aromatic carbocycles. The Kier molecular flexibility index (Phi) is 6.29. The van der Waals surface area contributed by atoms with Gasteiger partial charge >= 0.3 is 0 Å². The van der Waals surface area contributed by atoms with Crippen molar-refractivity contribution in [3.63, 3.8) is 0 Å². The van der Waals surface area contributed by atoms with E-state index < -0.39 is 32.3 Å². The molecule has 0 aliphatic heterocycles. The van der Waals surface area contributed by atoms with Crippen LogP contribution in [-0.4, -0.2) is 37.4 Å². The number of nitrogens with one attached hydrogen (secondary N) is 1. The molecule has 108 valence electrons. The van der Waals surface area contributed by atoms with Crippen LogP contribution in [0.5, 0.6) is 0 Å². The minimum Gasteiger partial charge on any atom is -0.349 e. The number of hydrogen-bond acceptors (Lipinski definition) is 4. The second-order valence-electron chi connectivity index (χ2n) is 5.77. The van der Waals surface area contributed by atoms with Crippen molar-refractivity contribution in [3.05, 3.63) is 0 Å². The smallest absolute Gasteiger partial charge is 0.235 e. The summed E-state index contributed by atoms with van der Waals surface area (Å²) in [6.07, 6.45) is 0.719. The first-order valence-corrected chi connectivity index (χ1v) is 7.96. The lowest BCUT2D eigenvalue weighted by Gasteiger charge is -2.31. The summed E-state index contributed by atoms with van der Waals surface area (Å²) in [5.74, 6) is -0.573. The molecule has 0 fully saturated rings. The predicted molar refractivity (Wildman–Crippen MR) is 74.0 cm³/mol. The maximum absolute atomic E-state index is 11.8. The minimum atomic E-state index is -3.36. The van der Waals surface area contributed by atoms with Crippen LogP contribution in [0.2, 0.25) is 0 Å². The molecule has 0 heterocycles. The predicted octanol–water partition coefficient (Wildman–Crippen LogP) is 0.689. The minimum absolute atomic E-state index is 0.290. The number of rotatable bonds is 7. The molecule has 6 heteroatoms. The Labute approximate surface area is 110 Å². The van der Waals surface area contributed by atoms with E-state index in [4.69, 9.17) is 5.73 Å². The summed E-state index contributed by atoms with van der Waals surface area (Å²) in [7, 11) is -3.36. The van der Waals surface area contributed by atoms with E-state index in [0.29, 0.717) is 12.5 Å². The molecule has 0 aliphatic carbocycles. The van der Waals surface area contributed by atoms with E-state index in [0.717, 1.165) is 6.42 Å². The lowest BCUT2D eigenvalue weighted by molar-refractivity contribution is -0.120. The fourth-order valence-corrected chi connectivity index (χ4v) is 2.58. The number of amides is 1. The van der Waals surface area contributed by atoms with Gasteiger partial charge in [0.25, 0.3) is 0 Å². The summed E-state index contributed by atoms with van der Waals surface area (Å²) in [6, 6.07) is 0. The fraction of sp³-hybridized carbons (Fsp3) is 0.917. The van der Waals surface area contributed by atoms with Crippen molar-refractivity contribution >= 4 is 15.7 Å². The molecule has 0 aromatic heterocycles. The molecule has 5 nitrogen and oxygen atoms in total. The lowest BCUT2D eigenvalue weighted by atomic mass is 9.91. The van der Waals surface area contributed by atoms with Gasteiger partial charge in [0.1, 0.15) is 5.75 Å². The average Bonchev–Trinajstić information content (AvgIpc) is 2.14. The molecule has 0 spiro atoms. The molecule has 0 aromatic rings. The third kappa shape index (κ3) is 5.82. The molecule has 1 unspecified atom stereocenters. The number of carbonyl (C=O) groups excluding carboxylic acids is 1. The Morgan fingerprint density at radius 3 is 2.11 bits per heavy atom. The van der Waals surface area contributed by atoms with Crippen molar-refractivity contribution in [1.82, 2.24) is 5.32 Å². The monoisotopic (exact) mass is 278 g/mol. The van der Waals surface area contributed by atoms with Gasteiger partial charge < -0.3 is 11.1 Å². The van der Waals surface area contributed by atoms with Crippen molar-refractivity contribution in [1.29, 1.82) is 0 Å². The molecule has 0 aliphatic rings. The first-order valence-electron chi connectivity index (χ1n) is 6.25. The molecule has 0 rings (SSSR count). The molecule has 0 radical (unpaired) electrons. The standard InChI is InChI=1S/C12H26N2O3S/c1-9(2)6-12(5,8-13)14-11(15)7-18(16,17)10(3)4/h9-10H,6-8,13H2,1-5H3,(H,14,15). The normalized spacial score (nSPS) is 15.8. The Hall–Kier alpha value is -0.620. The van der Waals surface area contributed by atoms with Crippen molar-refractivity contribution in [3.8, 4) is 0 Å². The summed E-state index contributed by atoms with van der Waals surface area (Å²) in [5, 5.41) is 2.20. The zero-order valence-electron chi connectivity index (χ0n) is 12.0. The highest BCUT2D eigenvalue weighted by Crippen LogP contribution is 2.15. The number of carbonyl (C=O) groups is 1. The number of hydrogen-bond donors (Lipinski definition) is 2. The van der Waals surface area contributed by atoms with E-state index >= 15 is 0 Å². The first kappa shape index (κ1) is 17.4. The summed E-state index contributed by atoms with van der Waals surface area (Å²) in [6.45, 7) is 9.33. The highest BCUT2D eigenvalue weighted by molar-refractivity contribution is 7.92. The molecule has 0 saturated heterocycles. The zero-order valence-corrected chi connectivity index (χ0v) is 12.8. The van der Waals surface area contributed by atoms with E-state index in [2.05, 4.69) is 5.32 Å². The quantitative estimate of drug-likeness (QED) is 0.717. The van der Waals surface area contributed by atoms with E-state index in [1.54, 1.807) is 13.8 Å². The van der Waals surface area contributed by atoms with Crippen LogP contribution >= 0.6 is 0 Å². The Balaban J connectivity index is 4.65. The average molecular weight is 278 g/mol. The number of nitrogens with two attached hydrogens (primary N) is 1. The Bertz CT molecular complexity index is 377. The van der Waals surface area contributed by atoms with Crippen LogP contribution in [0.1, 0.15) is 41.0 Å². The summed E-state index contributed by atoms with van der Waals surface area (Å²) >= 11 is 0. The van der Waals surface area contributed by atoms with Crippen LogP contribution in [0.15, 0.2) is 0 Å². The lowest BCUT2D eigenvalue weighted by Crippen LogP contribution is -2.53. The largest absolute Gasteiger partial charge is 0.349 e. The molecule has 0 bridgehead atoms. The topological polar surface area (TPSA) is 89.3 Å². The van der Waals surface area contributed by atoms with Gasteiger partial charge in [-0.15, -0.1) is 0 Å². The van der Waals surface area contributed by atoms with Crippen molar-refractivity contribution in [2.24, 2.45) is 11.7 Å². The highest BCUT2D eigenvalue weighted by Gasteiger charge is 2.28. The third-order valence-corrected chi connectivity index (χ3v) is 4.90. The number of sulfone groups is 1. The van der Waals surface area contributed by atoms with E-state index in [1.807, 2.05) is 20.8 Å².